The monoisotopic (exact) mass is 1790 g/mol. The Balaban J connectivity index is 0.000000737. The van der Waals surface area contributed by atoms with Gasteiger partial charge in [0.2, 0.25) is 0 Å². The Labute approximate surface area is 719 Å². The van der Waals surface area contributed by atoms with Crippen LogP contribution in [0.4, 0.5) is 25.8 Å². The smallest absolute Gasteiger partial charge is 0.408 e. The molecule has 0 bridgehead atoms. The maximum atomic E-state index is 12.0. The summed E-state index contributed by atoms with van der Waals surface area (Å²) in [6.07, 6.45) is 0.0754. The number of nitrogen functional groups attached to an aromatic ring is 1. The van der Waals surface area contributed by atoms with Crippen LogP contribution >= 0.6 is 34.0 Å². The number of carbonyl (C=O) groups is 12. The molecule has 0 aliphatic carbocycles. The second kappa shape index (κ2) is 53.6. The first-order valence-corrected chi connectivity index (χ1v) is 39.0. The van der Waals surface area contributed by atoms with Crippen molar-refractivity contribution in [3.63, 3.8) is 0 Å². The lowest BCUT2D eigenvalue weighted by atomic mass is 10.2. The van der Waals surface area contributed by atoms with E-state index >= 15 is 0 Å². The largest absolute Gasteiger partial charge is 0.480 e. The fraction of sp³-hybridized carbons (Fsp3) is 0.569. The van der Waals surface area contributed by atoms with Crippen molar-refractivity contribution >= 4 is 145 Å². The highest BCUT2D eigenvalue weighted by Gasteiger charge is 2.34. The number of aromatic carboxylic acids is 1. The van der Waals surface area contributed by atoms with E-state index in [4.69, 9.17) is 75.6 Å². The van der Waals surface area contributed by atoms with Crippen molar-refractivity contribution in [2.24, 2.45) is 26.4 Å². The molecule has 4 aromatic heterocycles. The number of carboxylic acids is 2. The average molecular weight is 1790 g/mol. The SMILES string of the molecule is CC(C)(C)OC(=O)N[C@@H](CN)C(=O)O.COC(=O)c1cc(N)c(C)s1.COC(=O)c1cc([N+](=O)[O-])c(C)s1.O=C(O)c1cc2[nH]ncc2s1.[C-]#[N+]NC(=NC[C@H](N)C(=O)OC)N1CC[C@H](OC(C)=O)C1.[C-]#[N+]NC(=NC[C@H](NC(=O)OC(C)(C)C)C(=O)OC)N1CC[C@H](O)C1.[C-]#[N+]NC(=NC[C@H](NC(=O)OC(C)(C)C)C(=O)OC)N1CC[C@H](OC(C)=O)C1. The normalized spacial score (nSPS) is 15.6. The number of rotatable bonds is 20. The van der Waals surface area contributed by atoms with Crippen molar-refractivity contribution in [1.29, 1.82) is 0 Å². The standard InChI is InChI=1S/C17H27N5O6.C15H25N5O5.C12H19N5O4.C8H16N2O4.C7H7NO4S.C7H9NO2S.C6H4N2O2S/c1-11(23)27-12-7-8-22(10-12)15(21-18-5)19-9-13(14(24)26-6)20-16(25)28-17(2,3)4;1-15(2,3)25-14(23)18-11(12(22)24-5)8-17-13(19-16-4)20-7-6-10(21)9-20;1-8(18)21-9-4-5-17(7-9)12(16-14-2)15-6-10(13)11(19)20-3;1-8(2,3)14-7(13)10-5(4-9)6(11)12;1-4-5(8(10)11)3-6(13-4)7(9)12-2;1-4-5(8)3-6(11-4)7(9)10-2;9-6(10)4-1-3-5(11-4)2-7-8-3/h12-13H,7-10H2,1-4,6H3,(H,19,21)(H,20,25);10-11,21H,6-9H2,1-3,5H3,(H,17,19)(H,18,23);9-10H,4-7,13H2,1,3H3,(H,15,16);5H,4,9H2,1-3H3,(H,10,13)(H,11,12);3H,1-2H3;3H,8H2,1-2H3;1-2H,(H,7,8)(H,9,10)/t12-,13-;10-,11-;9-,10-;5-;;;/m0000.../s1. The summed E-state index contributed by atoms with van der Waals surface area (Å²) in [6, 6.07) is 0.297. The van der Waals surface area contributed by atoms with Gasteiger partial charge in [0.1, 0.15) is 67.8 Å². The summed E-state index contributed by atoms with van der Waals surface area (Å²) in [7, 11) is 6.23. The Hall–Kier alpha value is -13.0. The number of nitrogens with one attached hydrogen (secondary N) is 7. The third kappa shape index (κ3) is 42.7. The number of ether oxygens (including phenoxy) is 10. The number of methoxy groups -OCH3 is 5. The van der Waals surface area contributed by atoms with E-state index in [0.29, 0.717) is 84.8 Å². The number of carboxylic acid groups (broad SMARTS) is 2. The molecule has 16 N–H and O–H groups in total. The Bertz CT molecular complexity index is 4400. The van der Waals surface area contributed by atoms with Crippen molar-refractivity contribution in [3.05, 3.63) is 93.5 Å². The minimum absolute atomic E-state index is 0.000735. The van der Waals surface area contributed by atoms with Crippen LogP contribution < -0.4 is 49.4 Å². The molecule has 0 unspecified atom stereocenters. The molecular weight excluding hydrogens is 1690 g/mol. The Morgan fingerprint density at radius 3 is 1.30 bits per heavy atom. The molecule has 680 valence electrons. The number of aromatic amines is 1. The number of aliphatic carboxylic acids is 1. The van der Waals surface area contributed by atoms with Crippen LogP contribution in [0.5, 0.6) is 0 Å². The number of anilines is 1. The van der Waals surface area contributed by atoms with E-state index in [2.05, 4.69) is 91.2 Å². The number of aromatic nitrogens is 2. The molecule has 0 spiro atoms. The van der Waals surface area contributed by atoms with E-state index in [-0.39, 0.29) is 78.8 Å². The van der Waals surface area contributed by atoms with Crippen molar-refractivity contribution in [2.45, 2.75) is 169 Å². The number of alkyl carbamates (subject to hydrolysis) is 3. The first-order chi connectivity index (χ1) is 57.4. The van der Waals surface area contributed by atoms with E-state index in [1.54, 1.807) is 102 Å². The zero-order chi connectivity index (χ0) is 93.8. The second-order valence-corrected chi connectivity index (χ2v) is 31.9. The molecule has 7 rings (SSSR count). The molecule has 51 heteroatoms. The number of thiophene rings is 3. The molecule has 3 saturated heterocycles. The molecular formula is C72H107N21O27S3. The minimum Gasteiger partial charge on any atom is -0.480 e. The predicted molar refractivity (Wildman–Crippen MR) is 445 cm³/mol. The first kappa shape index (κ1) is 108. The molecule has 3 fully saturated rings. The van der Waals surface area contributed by atoms with Gasteiger partial charge in [-0.1, -0.05) is 16.3 Å². The number of nitrogens with two attached hydrogens (primary N) is 3. The molecule has 48 nitrogen and oxygen atoms in total. The van der Waals surface area contributed by atoms with E-state index in [0.717, 1.165) is 26.4 Å². The number of esters is 7. The third-order valence-corrected chi connectivity index (χ3v) is 18.1. The number of fused-ring (bicyclic) bond motifs is 1. The zero-order valence-corrected chi connectivity index (χ0v) is 73.5. The fourth-order valence-electron chi connectivity index (χ4n) is 9.59. The highest BCUT2D eigenvalue weighted by Crippen LogP contribution is 2.29. The number of carbonyl (C=O) groups excluding carboxylic acids is 10. The number of β-amino-alcohol motifs (C(OH)–C–C–N with tert-alkyl or cyclic N) is 1. The second-order valence-electron chi connectivity index (χ2n) is 28.3. The molecule has 3 aliphatic rings. The van der Waals surface area contributed by atoms with Gasteiger partial charge in [0.25, 0.3) is 23.6 Å². The number of amides is 3. The van der Waals surface area contributed by atoms with Crippen molar-refractivity contribution in [1.82, 2.24) is 57.1 Å². The number of hydrogen-bond acceptors (Lipinski definition) is 35. The van der Waals surface area contributed by atoms with Crippen molar-refractivity contribution in [2.75, 3.05) is 107 Å². The third-order valence-electron chi connectivity index (χ3n) is 15.0. The van der Waals surface area contributed by atoms with Crippen LogP contribution in [0.1, 0.15) is 134 Å². The van der Waals surface area contributed by atoms with Crippen LogP contribution in [-0.4, -0.2) is 295 Å². The number of aliphatic imine (C=N–C) groups is 3. The van der Waals surface area contributed by atoms with Crippen LogP contribution in [0.2, 0.25) is 0 Å². The van der Waals surface area contributed by atoms with E-state index < -0.39 is 106 Å². The molecule has 7 atom stereocenters. The molecule has 3 aliphatic heterocycles. The highest BCUT2D eigenvalue weighted by atomic mass is 32.1. The molecule has 0 aromatic carbocycles. The number of aliphatic hydroxyl groups excluding tert-OH is 1. The van der Waals surface area contributed by atoms with Crippen molar-refractivity contribution < 1.29 is 125 Å². The number of guanidine groups is 3. The molecule has 0 saturated carbocycles. The minimum atomic E-state index is -1.18. The van der Waals surface area contributed by atoms with Crippen LogP contribution in [-0.2, 0) is 76.1 Å². The number of likely N-dealkylation sites (tertiary alicyclic amines) is 3. The topological polar surface area (TPSA) is 640 Å². The molecule has 123 heavy (non-hydrogen) atoms. The van der Waals surface area contributed by atoms with Gasteiger partial charge in [-0.25, -0.2) is 58.1 Å². The van der Waals surface area contributed by atoms with E-state index in [9.17, 15) is 72.8 Å². The van der Waals surface area contributed by atoms with Gasteiger partial charge >= 0.3 is 72.0 Å². The van der Waals surface area contributed by atoms with Crippen LogP contribution in [0.25, 0.3) is 25.1 Å². The quantitative estimate of drug-likeness (QED) is 0.0114. The summed E-state index contributed by atoms with van der Waals surface area (Å²) in [4.78, 5) is 174. The van der Waals surface area contributed by atoms with Gasteiger partial charge in [-0.3, -0.25) is 29.6 Å². The van der Waals surface area contributed by atoms with Crippen LogP contribution in [0.15, 0.2) is 39.4 Å². The summed E-state index contributed by atoms with van der Waals surface area (Å²) in [5.74, 6) is -4.86. The lowest BCUT2D eigenvalue weighted by Gasteiger charge is -2.22. The number of nitrogens with zero attached hydrogens (tertiary/aromatic N) is 11. The van der Waals surface area contributed by atoms with Gasteiger partial charge < -0.3 is 111 Å². The lowest BCUT2D eigenvalue weighted by molar-refractivity contribution is -0.385. The molecule has 0 radical (unpaired) electrons. The summed E-state index contributed by atoms with van der Waals surface area (Å²) in [6.45, 7) is 44.5. The number of H-pyrrole nitrogens is 1. The summed E-state index contributed by atoms with van der Waals surface area (Å²) >= 11 is 3.63. The first-order valence-electron chi connectivity index (χ1n) is 36.5. The van der Waals surface area contributed by atoms with Gasteiger partial charge in [-0.15, -0.1) is 34.0 Å². The summed E-state index contributed by atoms with van der Waals surface area (Å²) in [5, 5.41) is 50.6. The Kier molecular flexibility index (Phi) is 47.0. The summed E-state index contributed by atoms with van der Waals surface area (Å²) < 4.78 is 49.1. The fourth-order valence-corrected chi connectivity index (χ4v) is 12.2. The van der Waals surface area contributed by atoms with E-state index in [1.165, 1.54) is 78.1 Å². The van der Waals surface area contributed by atoms with Crippen LogP contribution in [0, 0.1) is 43.7 Å². The molecule has 4 aromatic rings. The lowest BCUT2D eigenvalue weighted by Crippen LogP contribution is -2.47. The number of hydrogen-bond donors (Lipinski definition) is 13. The molecule has 3 amide bonds. The number of nitro groups is 1. The number of aryl methyl sites for hydroxylation is 2. The predicted octanol–water partition coefficient (Wildman–Crippen LogP) is 3.70. The van der Waals surface area contributed by atoms with E-state index in [1.807, 2.05) is 6.92 Å². The average Bonchev–Trinajstić information content (AvgIpc) is 1.69. The van der Waals surface area contributed by atoms with Gasteiger partial charge in [0.15, 0.2) is 0 Å². The van der Waals surface area contributed by atoms with Gasteiger partial charge in [0.05, 0.1) is 101 Å². The maximum absolute atomic E-state index is 12.0. The Morgan fingerprint density at radius 1 is 0.593 bits per heavy atom. The van der Waals surface area contributed by atoms with Crippen molar-refractivity contribution in [3.8, 4) is 0 Å². The van der Waals surface area contributed by atoms with Gasteiger partial charge in [-0.05, 0) is 94.7 Å². The highest BCUT2D eigenvalue weighted by molar-refractivity contribution is 7.20. The Morgan fingerprint density at radius 2 is 0.984 bits per heavy atom. The van der Waals surface area contributed by atoms with Gasteiger partial charge in [0, 0.05) is 76.0 Å². The van der Waals surface area contributed by atoms with Gasteiger partial charge in [-0.2, -0.15) is 39.7 Å². The summed E-state index contributed by atoms with van der Waals surface area (Å²) in [5.41, 5.74) is 22.8. The molecule has 7 heterocycles. The maximum Gasteiger partial charge on any atom is 0.408 e. The number of aliphatic hydroxyl groups is 1. The zero-order valence-electron chi connectivity index (χ0n) is 71.1. The van der Waals surface area contributed by atoms with Crippen LogP contribution in [0.3, 0.4) is 0 Å².